The van der Waals surface area contributed by atoms with Crippen LogP contribution < -0.4 is 4.90 Å². The number of anilines is 1. The summed E-state index contributed by atoms with van der Waals surface area (Å²) in [5.74, 6) is -2.12. The van der Waals surface area contributed by atoms with Gasteiger partial charge >= 0.3 is 6.18 Å². The van der Waals surface area contributed by atoms with E-state index in [1.54, 1.807) is 18.2 Å². The number of amides is 3. The Hall–Kier alpha value is -3.43. The molecule has 0 N–H and O–H groups in total. The van der Waals surface area contributed by atoms with Crippen molar-refractivity contribution >= 4 is 23.4 Å². The number of hydrogen-bond donors (Lipinski definition) is 0. The van der Waals surface area contributed by atoms with Crippen LogP contribution in [0.15, 0.2) is 36.4 Å². The molecule has 2 heterocycles. The van der Waals surface area contributed by atoms with Crippen molar-refractivity contribution in [1.82, 2.24) is 9.80 Å². The molecule has 0 spiro atoms. The van der Waals surface area contributed by atoms with Crippen LogP contribution in [-0.2, 0) is 6.18 Å². The second-order valence-electron chi connectivity index (χ2n) is 9.14. The molecular formula is C25H25F4N3O3. The molecule has 1 saturated heterocycles. The number of nitrogens with zero attached hydrogens (tertiary/aromatic N) is 3. The Kier molecular flexibility index (Phi) is 6.57. The molecule has 0 bridgehead atoms. The summed E-state index contributed by atoms with van der Waals surface area (Å²) in [4.78, 5) is 42.6. The van der Waals surface area contributed by atoms with Gasteiger partial charge in [0.05, 0.1) is 22.3 Å². The van der Waals surface area contributed by atoms with Crippen LogP contribution in [0.5, 0.6) is 0 Å². The number of fused-ring (bicyclic) bond motifs is 1. The topological polar surface area (TPSA) is 60.9 Å². The minimum atomic E-state index is -4.78. The summed E-state index contributed by atoms with van der Waals surface area (Å²) in [6.45, 7) is 5.23. The van der Waals surface area contributed by atoms with E-state index in [-0.39, 0.29) is 24.9 Å². The molecule has 10 heteroatoms. The van der Waals surface area contributed by atoms with Crippen molar-refractivity contribution in [3.63, 3.8) is 0 Å². The van der Waals surface area contributed by atoms with Crippen molar-refractivity contribution in [2.75, 3.05) is 37.6 Å². The number of halogens is 4. The lowest BCUT2D eigenvalue weighted by Gasteiger charge is -2.36. The zero-order chi connectivity index (χ0) is 25.5. The summed E-state index contributed by atoms with van der Waals surface area (Å²) in [6, 6.07) is 6.86. The fourth-order valence-corrected chi connectivity index (χ4v) is 4.34. The van der Waals surface area contributed by atoms with Crippen LogP contribution >= 0.6 is 0 Å². The number of alkyl halides is 3. The van der Waals surface area contributed by atoms with Gasteiger partial charge in [-0.15, -0.1) is 0 Å². The van der Waals surface area contributed by atoms with Crippen molar-refractivity contribution in [3.8, 4) is 0 Å². The Bertz CT molecular complexity index is 1170. The normalized spacial score (nSPS) is 16.4. The minimum Gasteiger partial charge on any atom is -0.368 e. The van der Waals surface area contributed by atoms with Crippen LogP contribution in [0, 0.1) is 11.7 Å². The third-order valence-electron chi connectivity index (χ3n) is 6.33. The van der Waals surface area contributed by atoms with Crippen molar-refractivity contribution in [3.05, 3.63) is 64.5 Å². The van der Waals surface area contributed by atoms with E-state index in [1.807, 2.05) is 18.7 Å². The molecule has 6 nitrogen and oxygen atoms in total. The first-order valence-corrected chi connectivity index (χ1v) is 11.4. The summed E-state index contributed by atoms with van der Waals surface area (Å²) in [7, 11) is 0. The number of piperazine rings is 1. The zero-order valence-corrected chi connectivity index (χ0v) is 19.4. The van der Waals surface area contributed by atoms with Gasteiger partial charge in [-0.05, 0) is 48.7 Å². The van der Waals surface area contributed by atoms with Crippen molar-refractivity contribution < 1.29 is 31.9 Å². The van der Waals surface area contributed by atoms with Crippen LogP contribution in [0.2, 0.25) is 0 Å². The van der Waals surface area contributed by atoms with Crippen LogP contribution in [0.3, 0.4) is 0 Å². The second-order valence-corrected chi connectivity index (χ2v) is 9.14. The Morgan fingerprint density at radius 2 is 1.60 bits per heavy atom. The van der Waals surface area contributed by atoms with Gasteiger partial charge in [0.2, 0.25) is 0 Å². The number of hydrogen-bond acceptors (Lipinski definition) is 4. The first-order chi connectivity index (χ1) is 16.5. The van der Waals surface area contributed by atoms with E-state index in [1.165, 1.54) is 9.80 Å². The van der Waals surface area contributed by atoms with Crippen LogP contribution in [0.1, 0.15) is 56.9 Å². The molecule has 2 aromatic carbocycles. The number of benzene rings is 2. The molecule has 35 heavy (non-hydrogen) atoms. The summed E-state index contributed by atoms with van der Waals surface area (Å²) >= 11 is 0. The first kappa shape index (κ1) is 24.7. The molecule has 186 valence electrons. The maximum Gasteiger partial charge on any atom is 0.417 e. The Morgan fingerprint density at radius 3 is 2.23 bits per heavy atom. The van der Waals surface area contributed by atoms with Crippen molar-refractivity contribution in [2.45, 2.75) is 26.4 Å². The van der Waals surface area contributed by atoms with Gasteiger partial charge in [-0.25, -0.2) is 4.39 Å². The van der Waals surface area contributed by atoms with Gasteiger partial charge in [0.25, 0.3) is 17.7 Å². The molecule has 1 fully saturated rings. The number of carbonyl (C=O) groups is 3. The third-order valence-corrected chi connectivity index (χ3v) is 6.33. The lowest BCUT2D eigenvalue weighted by Crippen LogP contribution is -2.49. The first-order valence-electron chi connectivity index (χ1n) is 11.4. The van der Waals surface area contributed by atoms with E-state index in [0.717, 1.165) is 0 Å². The summed E-state index contributed by atoms with van der Waals surface area (Å²) < 4.78 is 53.6. The number of rotatable bonds is 5. The van der Waals surface area contributed by atoms with Crippen molar-refractivity contribution in [2.24, 2.45) is 5.92 Å². The number of imide groups is 1. The van der Waals surface area contributed by atoms with Gasteiger partial charge in [-0.2, -0.15) is 13.2 Å². The van der Waals surface area contributed by atoms with E-state index >= 15 is 0 Å². The highest BCUT2D eigenvalue weighted by Gasteiger charge is 2.38. The molecule has 0 aliphatic carbocycles. The largest absolute Gasteiger partial charge is 0.417 e. The SMILES string of the molecule is CC(C)CCN1C(=O)c2ccc(N3CCN(C(=O)c4cc(F)ccc4C(F)(F)F)CC3)cc2C1=O. The quantitative estimate of drug-likeness (QED) is 0.458. The zero-order valence-electron chi connectivity index (χ0n) is 19.4. The van der Waals surface area contributed by atoms with Gasteiger partial charge < -0.3 is 9.80 Å². The van der Waals surface area contributed by atoms with E-state index < -0.39 is 29.0 Å². The highest BCUT2D eigenvalue weighted by atomic mass is 19.4. The predicted octanol–water partition coefficient (Wildman–Crippen LogP) is 4.45. The monoisotopic (exact) mass is 491 g/mol. The molecule has 2 aliphatic rings. The maximum atomic E-state index is 13.6. The second kappa shape index (κ2) is 9.31. The van der Waals surface area contributed by atoms with Crippen LogP contribution in [-0.4, -0.2) is 60.2 Å². The molecule has 3 amide bonds. The number of carbonyl (C=O) groups excluding carboxylic acids is 3. The third kappa shape index (κ3) is 4.87. The predicted molar refractivity (Wildman–Crippen MR) is 121 cm³/mol. The smallest absolute Gasteiger partial charge is 0.368 e. The Labute approximate surface area is 200 Å². The van der Waals surface area contributed by atoms with Crippen LogP contribution in [0.4, 0.5) is 23.2 Å². The Balaban J connectivity index is 1.46. The van der Waals surface area contributed by atoms with Gasteiger partial charge in [0.15, 0.2) is 0 Å². The highest BCUT2D eigenvalue weighted by Crippen LogP contribution is 2.33. The Morgan fingerprint density at radius 1 is 0.943 bits per heavy atom. The molecule has 0 saturated carbocycles. The van der Waals surface area contributed by atoms with Gasteiger partial charge in [-0.1, -0.05) is 13.8 Å². The standard InChI is InChI=1S/C25H25F4N3O3/c1-15(2)7-8-32-23(34)18-5-4-17(14-19(18)24(32)35)30-9-11-31(12-10-30)22(33)20-13-16(26)3-6-21(20)25(27,28)29/h3-6,13-15H,7-12H2,1-2H3. The molecular weight excluding hydrogens is 466 g/mol. The molecule has 0 unspecified atom stereocenters. The molecule has 2 aromatic rings. The van der Waals surface area contributed by atoms with Gasteiger partial charge in [0.1, 0.15) is 5.82 Å². The maximum absolute atomic E-state index is 13.6. The molecule has 0 atom stereocenters. The minimum absolute atomic E-state index is 0.122. The summed E-state index contributed by atoms with van der Waals surface area (Å²) in [6.07, 6.45) is -4.08. The lowest BCUT2D eigenvalue weighted by atomic mass is 10.0. The van der Waals surface area contributed by atoms with E-state index in [4.69, 9.17) is 0 Å². The fraction of sp³-hybridized carbons (Fsp3) is 0.400. The van der Waals surface area contributed by atoms with Gasteiger partial charge in [-0.3, -0.25) is 19.3 Å². The van der Waals surface area contributed by atoms with E-state index in [0.29, 0.717) is 67.0 Å². The van der Waals surface area contributed by atoms with E-state index in [9.17, 15) is 31.9 Å². The average Bonchev–Trinajstić information content (AvgIpc) is 3.05. The molecule has 0 aromatic heterocycles. The van der Waals surface area contributed by atoms with E-state index in [2.05, 4.69) is 0 Å². The average molecular weight is 491 g/mol. The molecule has 4 rings (SSSR count). The lowest BCUT2D eigenvalue weighted by molar-refractivity contribution is -0.138. The van der Waals surface area contributed by atoms with Gasteiger partial charge in [0, 0.05) is 38.4 Å². The fourth-order valence-electron chi connectivity index (χ4n) is 4.34. The van der Waals surface area contributed by atoms with Crippen LogP contribution in [0.25, 0.3) is 0 Å². The highest BCUT2D eigenvalue weighted by molar-refractivity contribution is 6.21. The van der Waals surface area contributed by atoms with Crippen molar-refractivity contribution in [1.29, 1.82) is 0 Å². The molecule has 0 radical (unpaired) electrons. The summed E-state index contributed by atoms with van der Waals surface area (Å²) in [5, 5.41) is 0. The summed E-state index contributed by atoms with van der Waals surface area (Å²) in [5.41, 5.74) is -0.528. The molecule has 2 aliphatic heterocycles.